The number of rotatable bonds is 1. The van der Waals surface area contributed by atoms with Crippen LogP contribution in [0.25, 0.3) is 0 Å². The smallest absolute Gasteiger partial charge is 0.190 e. The molecule has 2 fully saturated rings. The average Bonchev–Trinajstić information content (AvgIpc) is 2.47. The zero-order valence-electron chi connectivity index (χ0n) is 7.64. The second-order valence-electron chi connectivity index (χ2n) is 3.82. The van der Waals surface area contributed by atoms with Gasteiger partial charge in [-0.2, -0.15) is 0 Å². The molecular weight excluding hydrogens is 176 g/mol. The number of hydrogen-bond donors (Lipinski definition) is 2. The number of aliphatic hydroxyl groups excluding tert-OH is 2. The van der Waals surface area contributed by atoms with E-state index in [2.05, 4.69) is 0 Å². The monoisotopic (exact) mass is 190 g/mol. The van der Waals surface area contributed by atoms with E-state index in [1.165, 1.54) is 0 Å². The van der Waals surface area contributed by atoms with Gasteiger partial charge in [-0.1, -0.05) is 0 Å². The molecule has 2 aliphatic heterocycles. The molecular formula is C8H14O5. The highest BCUT2D eigenvalue weighted by molar-refractivity contribution is 4.92. The lowest BCUT2D eigenvalue weighted by molar-refractivity contribution is -0.218. The highest BCUT2D eigenvalue weighted by Crippen LogP contribution is 2.36. The maximum absolute atomic E-state index is 9.60. The van der Waals surface area contributed by atoms with Gasteiger partial charge in [-0.25, -0.2) is 0 Å². The first-order chi connectivity index (χ1) is 6.03. The quantitative estimate of drug-likeness (QED) is 0.567. The fourth-order valence-electron chi connectivity index (χ4n) is 1.71. The lowest BCUT2D eigenvalue weighted by Crippen LogP contribution is -2.36. The Hall–Kier alpha value is -0.200. The molecule has 4 atom stereocenters. The van der Waals surface area contributed by atoms with Crippen molar-refractivity contribution in [3.05, 3.63) is 0 Å². The SMILES string of the molecule is CC1(C)OC2[C@H](O[C@H](CO)[C@H]2O)O1. The highest BCUT2D eigenvalue weighted by atomic mass is 16.8. The van der Waals surface area contributed by atoms with Crippen LogP contribution in [0.15, 0.2) is 0 Å². The van der Waals surface area contributed by atoms with E-state index in [-0.39, 0.29) is 6.61 Å². The van der Waals surface area contributed by atoms with E-state index < -0.39 is 30.4 Å². The zero-order chi connectivity index (χ0) is 9.64. The Morgan fingerprint density at radius 1 is 1.31 bits per heavy atom. The molecule has 5 heteroatoms. The molecule has 0 aromatic heterocycles. The van der Waals surface area contributed by atoms with Gasteiger partial charge in [0.2, 0.25) is 0 Å². The summed E-state index contributed by atoms with van der Waals surface area (Å²) in [6.07, 6.45) is -2.43. The molecule has 0 aromatic carbocycles. The third-order valence-electron chi connectivity index (χ3n) is 2.29. The van der Waals surface area contributed by atoms with Crippen molar-refractivity contribution in [2.75, 3.05) is 6.61 Å². The molecule has 2 saturated heterocycles. The van der Waals surface area contributed by atoms with Gasteiger partial charge in [-0.3, -0.25) is 0 Å². The third kappa shape index (κ3) is 1.47. The van der Waals surface area contributed by atoms with E-state index in [9.17, 15) is 5.11 Å². The van der Waals surface area contributed by atoms with Crippen LogP contribution in [0.3, 0.4) is 0 Å². The van der Waals surface area contributed by atoms with Gasteiger partial charge < -0.3 is 24.4 Å². The standard InChI is InChI=1S/C8H14O5/c1-8(2)12-6-5(10)4(3-9)11-7(6)13-8/h4-7,9-10H,3H2,1-2H3/t4-,5-,6?,7-/m1/s1. The van der Waals surface area contributed by atoms with Crippen LogP contribution in [0.2, 0.25) is 0 Å². The van der Waals surface area contributed by atoms with Crippen molar-refractivity contribution in [2.24, 2.45) is 0 Å². The maximum Gasteiger partial charge on any atom is 0.190 e. The van der Waals surface area contributed by atoms with Gasteiger partial charge in [0.1, 0.15) is 18.3 Å². The van der Waals surface area contributed by atoms with Crippen LogP contribution in [-0.4, -0.2) is 47.2 Å². The molecule has 0 amide bonds. The van der Waals surface area contributed by atoms with Gasteiger partial charge in [0.15, 0.2) is 12.1 Å². The molecule has 13 heavy (non-hydrogen) atoms. The van der Waals surface area contributed by atoms with E-state index in [4.69, 9.17) is 19.3 Å². The topological polar surface area (TPSA) is 68.2 Å². The summed E-state index contributed by atoms with van der Waals surface area (Å²) < 4.78 is 16.0. The summed E-state index contributed by atoms with van der Waals surface area (Å²) in [5.74, 6) is -0.712. The summed E-state index contributed by atoms with van der Waals surface area (Å²) in [4.78, 5) is 0. The van der Waals surface area contributed by atoms with Crippen LogP contribution in [0.1, 0.15) is 13.8 Å². The summed E-state index contributed by atoms with van der Waals surface area (Å²) in [5, 5.41) is 18.4. The Morgan fingerprint density at radius 3 is 2.54 bits per heavy atom. The van der Waals surface area contributed by atoms with Crippen molar-refractivity contribution in [1.82, 2.24) is 0 Å². The number of ether oxygens (including phenoxy) is 3. The predicted molar refractivity (Wildman–Crippen MR) is 41.8 cm³/mol. The first-order valence-electron chi connectivity index (χ1n) is 4.33. The van der Waals surface area contributed by atoms with Crippen molar-refractivity contribution in [1.29, 1.82) is 0 Å². The van der Waals surface area contributed by atoms with Crippen molar-refractivity contribution < 1.29 is 24.4 Å². The lowest BCUT2D eigenvalue weighted by atomic mass is 10.1. The second kappa shape index (κ2) is 2.90. The van der Waals surface area contributed by atoms with Crippen LogP contribution in [-0.2, 0) is 14.2 Å². The fourth-order valence-corrected chi connectivity index (χ4v) is 1.71. The molecule has 0 aromatic rings. The van der Waals surface area contributed by atoms with Crippen LogP contribution in [0.5, 0.6) is 0 Å². The Balaban J connectivity index is 2.07. The molecule has 0 aliphatic carbocycles. The van der Waals surface area contributed by atoms with Gasteiger partial charge in [0.25, 0.3) is 0 Å². The molecule has 0 spiro atoms. The molecule has 76 valence electrons. The highest BCUT2D eigenvalue weighted by Gasteiger charge is 2.53. The Labute approximate surface area is 76.2 Å². The second-order valence-corrected chi connectivity index (χ2v) is 3.82. The molecule has 1 unspecified atom stereocenters. The predicted octanol–water partition coefficient (Wildman–Crippen LogP) is -0.784. The summed E-state index contributed by atoms with van der Waals surface area (Å²) in [5.41, 5.74) is 0. The van der Waals surface area contributed by atoms with Gasteiger partial charge in [-0.05, 0) is 13.8 Å². The van der Waals surface area contributed by atoms with Crippen molar-refractivity contribution >= 4 is 0 Å². The van der Waals surface area contributed by atoms with E-state index >= 15 is 0 Å². The molecule has 2 aliphatic rings. The summed E-state index contributed by atoms with van der Waals surface area (Å²) in [7, 11) is 0. The zero-order valence-corrected chi connectivity index (χ0v) is 7.64. The largest absolute Gasteiger partial charge is 0.394 e. The van der Waals surface area contributed by atoms with E-state index in [1.54, 1.807) is 13.8 Å². The van der Waals surface area contributed by atoms with Crippen LogP contribution in [0, 0.1) is 0 Å². The Kier molecular flexibility index (Phi) is 2.08. The molecule has 2 rings (SSSR count). The van der Waals surface area contributed by atoms with Gasteiger partial charge in [0, 0.05) is 0 Å². The molecule has 0 bridgehead atoms. The summed E-state index contributed by atoms with van der Waals surface area (Å²) >= 11 is 0. The minimum atomic E-state index is -0.809. The minimum Gasteiger partial charge on any atom is -0.394 e. The molecule has 2 N–H and O–H groups in total. The number of fused-ring (bicyclic) bond motifs is 1. The molecule has 0 saturated carbocycles. The Bertz CT molecular complexity index is 205. The fraction of sp³-hybridized carbons (Fsp3) is 1.00. The number of hydrogen-bond acceptors (Lipinski definition) is 5. The first kappa shape index (κ1) is 9.36. The van der Waals surface area contributed by atoms with Gasteiger partial charge in [0.05, 0.1) is 6.61 Å². The summed E-state index contributed by atoms with van der Waals surface area (Å²) in [6.45, 7) is 3.30. The van der Waals surface area contributed by atoms with Crippen molar-refractivity contribution in [3.8, 4) is 0 Å². The van der Waals surface area contributed by atoms with E-state index in [0.717, 1.165) is 0 Å². The van der Waals surface area contributed by atoms with Crippen LogP contribution in [0.4, 0.5) is 0 Å². The van der Waals surface area contributed by atoms with Crippen LogP contribution >= 0.6 is 0 Å². The Morgan fingerprint density at radius 2 is 2.00 bits per heavy atom. The summed E-state index contributed by atoms with van der Waals surface area (Å²) in [6, 6.07) is 0. The molecule has 0 radical (unpaired) electrons. The normalized spacial score (nSPS) is 48.0. The molecule has 5 nitrogen and oxygen atoms in total. The lowest BCUT2D eigenvalue weighted by Gasteiger charge is -2.21. The van der Waals surface area contributed by atoms with Gasteiger partial charge >= 0.3 is 0 Å². The number of aliphatic hydroxyl groups is 2. The maximum atomic E-state index is 9.60. The molecule has 2 heterocycles. The first-order valence-corrected chi connectivity index (χ1v) is 4.33. The van der Waals surface area contributed by atoms with Gasteiger partial charge in [-0.15, -0.1) is 0 Å². The van der Waals surface area contributed by atoms with Crippen molar-refractivity contribution in [2.45, 2.75) is 44.2 Å². The van der Waals surface area contributed by atoms with Crippen LogP contribution < -0.4 is 0 Å². The van der Waals surface area contributed by atoms with E-state index in [1.807, 2.05) is 0 Å². The average molecular weight is 190 g/mol. The minimum absolute atomic E-state index is 0.221. The van der Waals surface area contributed by atoms with Crippen molar-refractivity contribution in [3.63, 3.8) is 0 Å². The third-order valence-corrected chi connectivity index (χ3v) is 2.29. The van der Waals surface area contributed by atoms with E-state index in [0.29, 0.717) is 0 Å².